The molecule has 5 nitrogen and oxygen atoms in total. The molecule has 1 amide bonds. The van der Waals surface area contributed by atoms with Crippen LogP contribution in [0.5, 0.6) is 0 Å². The molecule has 3 rings (SSSR count). The maximum atomic E-state index is 12.1. The van der Waals surface area contributed by atoms with E-state index in [9.17, 15) is 4.79 Å². The van der Waals surface area contributed by atoms with E-state index in [2.05, 4.69) is 31.4 Å². The Kier molecular flexibility index (Phi) is 5.32. The molecule has 0 spiro atoms. The Morgan fingerprint density at radius 1 is 1.12 bits per heavy atom. The number of nitrogens with zero attached hydrogens (tertiary/aromatic N) is 2. The SMILES string of the molecule is CSc1ccc(CC(=O)Nc2nnc(-c3ccc(Br)cc3)o2)cc1. The van der Waals surface area contributed by atoms with Crippen molar-refractivity contribution in [1.29, 1.82) is 0 Å². The van der Waals surface area contributed by atoms with Crippen LogP contribution in [0.3, 0.4) is 0 Å². The average Bonchev–Trinajstić information content (AvgIpc) is 3.04. The fourth-order valence-corrected chi connectivity index (χ4v) is 2.75. The Balaban J connectivity index is 1.63. The molecule has 0 atom stereocenters. The van der Waals surface area contributed by atoms with E-state index in [1.807, 2.05) is 54.8 Å². The van der Waals surface area contributed by atoms with E-state index in [0.717, 1.165) is 20.5 Å². The van der Waals surface area contributed by atoms with Gasteiger partial charge in [0, 0.05) is 14.9 Å². The quantitative estimate of drug-likeness (QED) is 0.639. The predicted molar refractivity (Wildman–Crippen MR) is 98.0 cm³/mol. The van der Waals surface area contributed by atoms with Crippen molar-refractivity contribution >= 4 is 39.6 Å². The van der Waals surface area contributed by atoms with Gasteiger partial charge >= 0.3 is 6.01 Å². The van der Waals surface area contributed by atoms with Crippen LogP contribution in [0.15, 0.2) is 62.3 Å². The molecule has 0 saturated heterocycles. The molecule has 1 aromatic heterocycles. The fraction of sp³-hybridized carbons (Fsp3) is 0.118. The van der Waals surface area contributed by atoms with Gasteiger partial charge in [-0.05, 0) is 48.2 Å². The molecule has 0 radical (unpaired) electrons. The second-order valence-electron chi connectivity index (χ2n) is 4.99. The van der Waals surface area contributed by atoms with E-state index in [-0.39, 0.29) is 18.3 Å². The zero-order valence-electron chi connectivity index (χ0n) is 12.8. The van der Waals surface area contributed by atoms with Crippen molar-refractivity contribution in [1.82, 2.24) is 10.2 Å². The van der Waals surface area contributed by atoms with Crippen molar-refractivity contribution in [2.45, 2.75) is 11.3 Å². The largest absolute Gasteiger partial charge is 0.403 e. The number of hydrogen-bond acceptors (Lipinski definition) is 5. The van der Waals surface area contributed by atoms with Crippen LogP contribution in [-0.2, 0) is 11.2 Å². The molecular formula is C17H14BrN3O2S. The van der Waals surface area contributed by atoms with Crippen molar-refractivity contribution in [2.75, 3.05) is 11.6 Å². The molecule has 3 aromatic rings. The molecule has 0 bridgehead atoms. The Morgan fingerprint density at radius 3 is 2.50 bits per heavy atom. The van der Waals surface area contributed by atoms with E-state index in [0.29, 0.717) is 5.89 Å². The van der Waals surface area contributed by atoms with Crippen LogP contribution in [0.25, 0.3) is 11.5 Å². The van der Waals surface area contributed by atoms with Gasteiger partial charge in [0.2, 0.25) is 11.8 Å². The van der Waals surface area contributed by atoms with Crippen molar-refractivity contribution in [3.63, 3.8) is 0 Å². The van der Waals surface area contributed by atoms with Crippen LogP contribution >= 0.6 is 27.7 Å². The Labute approximate surface area is 152 Å². The monoisotopic (exact) mass is 403 g/mol. The van der Waals surface area contributed by atoms with Crippen LogP contribution < -0.4 is 5.32 Å². The van der Waals surface area contributed by atoms with Gasteiger partial charge in [-0.2, -0.15) is 0 Å². The number of hydrogen-bond donors (Lipinski definition) is 1. The van der Waals surface area contributed by atoms with Gasteiger partial charge in [0.15, 0.2) is 0 Å². The minimum atomic E-state index is -0.196. The van der Waals surface area contributed by atoms with Crippen LogP contribution in [0, 0.1) is 0 Å². The highest BCUT2D eigenvalue weighted by molar-refractivity contribution is 9.10. The van der Waals surface area contributed by atoms with E-state index >= 15 is 0 Å². The summed E-state index contributed by atoms with van der Waals surface area (Å²) < 4.78 is 6.45. The second kappa shape index (κ2) is 7.63. The van der Waals surface area contributed by atoms with Crippen LogP contribution in [0.2, 0.25) is 0 Å². The summed E-state index contributed by atoms with van der Waals surface area (Å²) in [7, 11) is 0. The minimum Gasteiger partial charge on any atom is -0.403 e. The summed E-state index contributed by atoms with van der Waals surface area (Å²) in [5, 5.41) is 10.4. The molecule has 24 heavy (non-hydrogen) atoms. The molecule has 0 aliphatic carbocycles. The number of halogens is 1. The summed E-state index contributed by atoms with van der Waals surface area (Å²) in [6.45, 7) is 0. The third kappa shape index (κ3) is 4.24. The summed E-state index contributed by atoms with van der Waals surface area (Å²) in [5.41, 5.74) is 1.72. The molecule has 1 heterocycles. The van der Waals surface area contributed by atoms with Gasteiger partial charge in [0.05, 0.1) is 6.42 Å². The van der Waals surface area contributed by atoms with Crippen molar-refractivity contribution in [2.24, 2.45) is 0 Å². The number of benzene rings is 2. The number of anilines is 1. The zero-order valence-corrected chi connectivity index (χ0v) is 15.2. The first-order valence-corrected chi connectivity index (χ1v) is 9.18. The number of amides is 1. The third-order valence-electron chi connectivity index (χ3n) is 3.29. The average molecular weight is 404 g/mol. The summed E-state index contributed by atoms with van der Waals surface area (Å²) >= 11 is 5.04. The Hall–Kier alpha value is -2.12. The molecule has 0 aliphatic heterocycles. The smallest absolute Gasteiger partial charge is 0.322 e. The van der Waals surface area contributed by atoms with Gasteiger partial charge in [0.25, 0.3) is 0 Å². The predicted octanol–water partition coefficient (Wildman–Crippen LogP) is 4.40. The number of rotatable bonds is 5. The Bertz CT molecular complexity index is 832. The number of aromatic nitrogens is 2. The first-order chi connectivity index (χ1) is 11.6. The molecule has 0 saturated carbocycles. The maximum absolute atomic E-state index is 12.1. The van der Waals surface area contributed by atoms with E-state index in [1.165, 1.54) is 0 Å². The van der Waals surface area contributed by atoms with Crippen LogP contribution in [0.4, 0.5) is 6.01 Å². The van der Waals surface area contributed by atoms with Crippen molar-refractivity contribution in [3.05, 3.63) is 58.6 Å². The van der Waals surface area contributed by atoms with E-state index in [1.54, 1.807) is 11.8 Å². The summed E-state index contributed by atoms with van der Waals surface area (Å²) in [4.78, 5) is 13.2. The normalized spacial score (nSPS) is 10.6. The third-order valence-corrected chi connectivity index (χ3v) is 4.56. The van der Waals surface area contributed by atoms with Crippen molar-refractivity contribution in [3.8, 4) is 11.5 Å². The first kappa shape index (κ1) is 16.7. The highest BCUT2D eigenvalue weighted by Gasteiger charge is 2.11. The zero-order chi connectivity index (χ0) is 16.9. The van der Waals surface area contributed by atoms with Gasteiger partial charge in [-0.15, -0.1) is 16.9 Å². The maximum Gasteiger partial charge on any atom is 0.322 e. The fourth-order valence-electron chi connectivity index (χ4n) is 2.08. The highest BCUT2D eigenvalue weighted by Crippen LogP contribution is 2.22. The molecule has 1 N–H and O–H groups in total. The number of carbonyl (C=O) groups excluding carboxylic acids is 1. The molecule has 0 aliphatic rings. The first-order valence-electron chi connectivity index (χ1n) is 7.16. The van der Waals surface area contributed by atoms with Crippen molar-refractivity contribution < 1.29 is 9.21 Å². The van der Waals surface area contributed by atoms with Gasteiger partial charge in [0.1, 0.15) is 0 Å². The Morgan fingerprint density at radius 2 is 1.83 bits per heavy atom. The molecule has 0 unspecified atom stereocenters. The molecular weight excluding hydrogens is 390 g/mol. The van der Waals surface area contributed by atoms with Crippen LogP contribution in [0.1, 0.15) is 5.56 Å². The topological polar surface area (TPSA) is 68.0 Å². The number of nitrogens with one attached hydrogen (secondary N) is 1. The molecule has 0 fully saturated rings. The molecule has 2 aromatic carbocycles. The molecule has 122 valence electrons. The summed E-state index contributed by atoms with van der Waals surface area (Å²) in [6, 6.07) is 15.4. The number of thioether (sulfide) groups is 1. The lowest BCUT2D eigenvalue weighted by molar-refractivity contribution is -0.115. The lowest BCUT2D eigenvalue weighted by Gasteiger charge is -2.02. The van der Waals surface area contributed by atoms with E-state index in [4.69, 9.17) is 4.42 Å². The second-order valence-corrected chi connectivity index (χ2v) is 6.79. The standard InChI is InChI=1S/C17H14BrN3O2S/c1-24-14-8-2-11(3-9-14)10-15(22)19-17-21-20-16(23-17)12-4-6-13(18)7-5-12/h2-9H,10H2,1H3,(H,19,21,22). The van der Waals surface area contributed by atoms with Crippen LogP contribution in [-0.4, -0.2) is 22.4 Å². The van der Waals surface area contributed by atoms with E-state index < -0.39 is 0 Å². The number of carbonyl (C=O) groups is 1. The lowest BCUT2D eigenvalue weighted by atomic mass is 10.1. The summed E-state index contributed by atoms with van der Waals surface area (Å²) in [6.07, 6.45) is 2.27. The minimum absolute atomic E-state index is 0.0960. The van der Waals surface area contributed by atoms with Gasteiger partial charge in [-0.1, -0.05) is 33.2 Å². The molecule has 7 heteroatoms. The van der Waals surface area contributed by atoms with Gasteiger partial charge in [-0.25, -0.2) is 0 Å². The highest BCUT2D eigenvalue weighted by atomic mass is 79.9. The van der Waals surface area contributed by atoms with Gasteiger partial charge < -0.3 is 4.42 Å². The summed E-state index contributed by atoms with van der Waals surface area (Å²) in [5.74, 6) is 0.167. The van der Waals surface area contributed by atoms with Gasteiger partial charge in [-0.3, -0.25) is 10.1 Å². The lowest BCUT2D eigenvalue weighted by Crippen LogP contribution is -2.14.